The van der Waals surface area contributed by atoms with Gasteiger partial charge in [0.05, 0.1) is 10.7 Å². The monoisotopic (exact) mass is 210 g/mol. The van der Waals surface area contributed by atoms with Gasteiger partial charge in [-0.25, -0.2) is 4.98 Å². The van der Waals surface area contributed by atoms with Crippen molar-refractivity contribution in [2.24, 2.45) is 0 Å². The van der Waals surface area contributed by atoms with Crippen molar-refractivity contribution in [1.29, 1.82) is 0 Å². The van der Waals surface area contributed by atoms with Crippen LogP contribution in [0.1, 0.15) is 35.6 Å². The molecule has 3 rings (SSSR count). The fourth-order valence-corrected chi connectivity index (χ4v) is 2.87. The van der Waals surface area contributed by atoms with Crippen molar-refractivity contribution in [3.63, 3.8) is 0 Å². The number of aromatic nitrogens is 1. The Kier molecular flexibility index (Phi) is 2.27. The number of nitrogens with zero attached hydrogens (tertiary/aromatic N) is 1. The lowest BCUT2D eigenvalue weighted by Crippen LogP contribution is -2.39. The van der Waals surface area contributed by atoms with Gasteiger partial charge in [-0.3, -0.25) is 0 Å². The third kappa shape index (κ3) is 1.47. The van der Waals surface area contributed by atoms with Crippen LogP contribution in [-0.4, -0.2) is 24.7 Å². The number of thiazole rings is 1. The highest BCUT2D eigenvalue weighted by Gasteiger charge is 2.25. The molecule has 0 aliphatic carbocycles. The molecule has 2 aliphatic rings. The van der Waals surface area contributed by atoms with Crippen LogP contribution in [0.4, 0.5) is 0 Å². The van der Waals surface area contributed by atoms with Crippen LogP contribution in [0, 0.1) is 0 Å². The van der Waals surface area contributed by atoms with E-state index in [-0.39, 0.29) is 6.10 Å². The zero-order valence-electron chi connectivity index (χ0n) is 8.03. The summed E-state index contributed by atoms with van der Waals surface area (Å²) in [5, 5.41) is 6.73. The van der Waals surface area contributed by atoms with Crippen LogP contribution < -0.4 is 5.32 Å². The summed E-state index contributed by atoms with van der Waals surface area (Å²) >= 11 is 1.79. The Hall–Kier alpha value is -0.450. The normalized spacial score (nSPS) is 27.9. The first kappa shape index (κ1) is 8.83. The fourth-order valence-electron chi connectivity index (χ4n) is 1.91. The van der Waals surface area contributed by atoms with Crippen molar-refractivity contribution in [1.82, 2.24) is 10.3 Å². The van der Waals surface area contributed by atoms with Gasteiger partial charge in [0.1, 0.15) is 6.10 Å². The van der Waals surface area contributed by atoms with Crippen LogP contribution in [0.2, 0.25) is 0 Å². The number of nitrogens with one attached hydrogen (secondary N) is 1. The average Bonchev–Trinajstić information content (AvgIpc) is 2.65. The molecule has 14 heavy (non-hydrogen) atoms. The molecule has 0 radical (unpaired) electrons. The second kappa shape index (κ2) is 3.61. The van der Waals surface area contributed by atoms with E-state index < -0.39 is 0 Å². The van der Waals surface area contributed by atoms with Crippen molar-refractivity contribution in [3.05, 3.63) is 16.1 Å². The Morgan fingerprint density at radius 2 is 2.43 bits per heavy atom. The summed E-state index contributed by atoms with van der Waals surface area (Å²) in [6, 6.07) is 0. The zero-order valence-corrected chi connectivity index (χ0v) is 8.85. The van der Waals surface area contributed by atoms with Gasteiger partial charge in [-0.1, -0.05) is 0 Å². The summed E-state index contributed by atoms with van der Waals surface area (Å²) in [6.07, 6.45) is 2.61. The molecule has 1 N–H and O–H groups in total. The van der Waals surface area contributed by atoms with Crippen molar-refractivity contribution in [3.8, 4) is 0 Å². The molecule has 0 aromatic carbocycles. The summed E-state index contributed by atoms with van der Waals surface area (Å²) in [7, 11) is 0. The molecule has 2 fully saturated rings. The van der Waals surface area contributed by atoms with Crippen LogP contribution in [0.15, 0.2) is 5.38 Å². The summed E-state index contributed by atoms with van der Waals surface area (Å²) in [5.41, 5.74) is 1.16. The number of hydrogen-bond donors (Lipinski definition) is 1. The van der Waals surface area contributed by atoms with E-state index in [2.05, 4.69) is 15.7 Å². The predicted octanol–water partition coefficient (Wildman–Crippen LogP) is 1.68. The van der Waals surface area contributed by atoms with E-state index in [9.17, 15) is 0 Å². The van der Waals surface area contributed by atoms with Gasteiger partial charge in [0.2, 0.25) is 0 Å². The Bertz CT molecular complexity index is 316. The van der Waals surface area contributed by atoms with Gasteiger partial charge in [0, 0.05) is 31.0 Å². The Morgan fingerprint density at radius 1 is 1.50 bits per heavy atom. The van der Waals surface area contributed by atoms with Crippen molar-refractivity contribution < 1.29 is 4.74 Å². The highest BCUT2D eigenvalue weighted by atomic mass is 32.1. The first-order chi connectivity index (χ1) is 6.93. The molecule has 3 heterocycles. The molecule has 0 bridgehead atoms. The Labute approximate surface area is 87.5 Å². The van der Waals surface area contributed by atoms with Crippen LogP contribution >= 0.6 is 11.3 Å². The number of ether oxygens (including phenoxy) is 1. The lowest BCUT2D eigenvalue weighted by Gasteiger charge is -2.24. The second-order valence-corrected chi connectivity index (χ2v) is 4.86. The Balaban J connectivity index is 1.75. The molecular weight excluding hydrogens is 196 g/mol. The highest BCUT2D eigenvalue weighted by molar-refractivity contribution is 7.09. The molecule has 0 spiro atoms. The fraction of sp³-hybridized carbons (Fsp3) is 0.700. The molecular formula is C10H14N2OS. The molecule has 2 aliphatic heterocycles. The minimum absolute atomic E-state index is 0.285. The molecule has 3 nitrogen and oxygen atoms in total. The smallest absolute Gasteiger partial charge is 0.100 e. The maximum absolute atomic E-state index is 5.61. The van der Waals surface area contributed by atoms with E-state index in [0.29, 0.717) is 5.92 Å². The lowest BCUT2D eigenvalue weighted by molar-refractivity contribution is 0.109. The predicted molar refractivity (Wildman–Crippen MR) is 55.7 cm³/mol. The molecule has 0 amide bonds. The summed E-state index contributed by atoms with van der Waals surface area (Å²) in [5.74, 6) is 0.662. The van der Waals surface area contributed by atoms with Crippen molar-refractivity contribution >= 4 is 11.3 Å². The van der Waals surface area contributed by atoms with Crippen LogP contribution in [-0.2, 0) is 4.74 Å². The summed E-state index contributed by atoms with van der Waals surface area (Å²) in [4.78, 5) is 4.67. The van der Waals surface area contributed by atoms with Gasteiger partial charge >= 0.3 is 0 Å². The minimum Gasteiger partial charge on any atom is -0.372 e. The van der Waals surface area contributed by atoms with Crippen molar-refractivity contribution in [2.75, 3.05) is 19.7 Å². The van der Waals surface area contributed by atoms with Gasteiger partial charge in [-0.05, 0) is 12.8 Å². The lowest BCUT2D eigenvalue weighted by atomic mass is 10.1. The van der Waals surface area contributed by atoms with E-state index in [0.717, 1.165) is 31.8 Å². The maximum Gasteiger partial charge on any atom is 0.100 e. The van der Waals surface area contributed by atoms with Crippen molar-refractivity contribution in [2.45, 2.75) is 24.9 Å². The quantitative estimate of drug-likeness (QED) is 0.806. The van der Waals surface area contributed by atoms with Crippen LogP contribution in [0.5, 0.6) is 0 Å². The molecule has 4 heteroatoms. The standard InChI is InChI=1S/C10H14N2OS/c1-2-9(13-3-1)8-6-14-10(12-8)7-4-11-5-7/h6-7,9,11H,1-5H2. The van der Waals surface area contributed by atoms with E-state index in [1.807, 2.05) is 0 Å². The van der Waals surface area contributed by atoms with E-state index in [1.54, 1.807) is 11.3 Å². The van der Waals surface area contributed by atoms with Gasteiger partial charge < -0.3 is 10.1 Å². The third-order valence-electron chi connectivity index (χ3n) is 2.93. The second-order valence-electron chi connectivity index (χ2n) is 3.97. The summed E-state index contributed by atoms with van der Waals surface area (Å²) in [6.45, 7) is 3.10. The molecule has 1 atom stereocenters. The van der Waals surface area contributed by atoms with E-state index in [1.165, 1.54) is 11.4 Å². The first-order valence-corrected chi connectivity index (χ1v) is 6.09. The maximum atomic E-state index is 5.61. The number of rotatable bonds is 2. The summed E-state index contributed by atoms with van der Waals surface area (Å²) < 4.78 is 5.61. The van der Waals surface area contributed by atoms with Gasteiger partial charge in [0.15, 0.2) is 0 Å². The topological polar surface area (TPSA) is 34.2 Å². The molecule has 1 aromatic rings. The van der Waals surface area contributed by atoms with Gasteiger partial charge in [-0.15, -0.1) is 11.3 Å². The van der Waals surface area contributed by atoms with Crippen LogP contribution in [0.3, 0.4) is 0 Å². The van der Waals surface area contributed by atoms with E-state index in [4.69, 9.17) is 4.74 Å². The molecule has 76 valence electrons. The molecule has 1 unspecified atom stereocenters. The van der Waals surface area contributed by atoms with Gasteiger partial charge in [-0.2, -0.15) is 0 Å². The minimum atomic E-state index is 0.285. The van der Waals surface area contributed by atoms with Crippen LogP contribution in [0.25, 0.3) is 0 Å². The molecule has 1 aromatic heterocycles. The number of hydrogen-bond acceptors (Lipinski definition) is 4. The van der Waals surface area contributed by atoms with E-state index >= 15 is 0 Å². The molecule has 0 saturated carbocycles. The largest absolute Gasteiger partial charge is 0.372 e. The highest BCUT2D eigenvalue weighted by Crippen LogP contribution is 2.31. The first-order valence-electron chi connectivity index (χ1n) is 5.21. The Morgan fingerprint density at radius 3 is 3.07 bits per heavy atom. The van der Waals surface area contributed by atoms with Gasteiger partial charge in [0.25, 0.3) is 0 Å². The average molecular weight is 210 g/mol. The SMILES string of the molecule is c1sc(C2CNC2)nc1C1CCCO1. The third-order valence-corrected chi connectivity index (χ3v) is 3.96. The zero-order chi connectivity index (χ0) is 9.38. The molecule has 2 saturated heterocycles.